The number of alkyl halides is 2. The lowest BCUT2D eigenvalue weighted by molar-refractivity contribution is 0.0591. The quantitative estimate of drug-likeness (QED) is 0.571. The number of fused-ring (bicyclic) bond motifs is 1. The summed E-state index contributed by atoms with van der Waals surface area (Å²) in [5.41, 5.74) is 1.38. The second-order valence-corrected chi connectivity index (χ2v) is 7.37. The predicted molar refractivity (Wildman–Crippen MR) is 102 cm³/mol. The summed E-state index contributed by atoms with van der Waals surface area (Å²) in [5.74, 6) is -0.938. The molecule has 0 saturated heterocycles. The van der Waals surface area contributed by atoms with E-state index in [-0.39, 0.29) is 18.2 Å². The van der Waals surface area contributed by atoms with Gasteiger partial charge in [0.1, 0.15) is 17.3 Å². The Kier molecular flexibility index (Phi) is 5.13. The number of carbonyl (C=O) groups is 1. The van der Waals surface area contributed by atoms with Crippen molar-refractivity contribution in [1.82, 2.24) is 4.90 Å². The van der Waals surface area contributed by atoms with Crippen molar-refractivity contribution in [3.63, 3.8) is 0 Å². The second kappa shape index (κ2) is 7.71. The van der Waals surface area contributed by atoms with Gasteiger partial charge in [-0.1, -0.05) is 23.9 Å². The minimum Gasteiger partial charge on any atom is -0.467 e. The van der Waals surface area contributed by atoms with Crippen molar-refractivity contribution in [2.24, 2.45) is 0 Å². The molecule has 0 spiro atoms. The number of carbonyl (C=O) groups excluding carboxylic acids is 1. The molecule has 0 fully saturated rings. The minimum atomic E-state index is -2.46. The fraction of sp³-hybridized carbons (Fsp3) is 0.250. The van der Waals surface area contributed by atoms with E-state index in [0.717, 1.165) is 5.69 Å². The molecule has 8 heteroatoms. The number of furan rings is 2. The Morgan fingerprint density at radius 1 is 1.11 bits per heavy atom. The average molecular weight is 404 g/mol. The Morgan fingerprint density at radius 3 is 2.68 bits per heavy atom. The van der Waals surface area contributed by atoms with Crippen LogP contribution in [0.3, 0.4) is 0 Å². The Bertz CT molecular complexity index is 958. The molecule has 28 heavy (non-hydrogen) atoms. The van der Waals surface area contributed by atoms with E-state index in [1.54, 1.807) is 41.5 Å². The van der Waals surface area contributed by atoms with E-state index >= 15 is 0 Å². The summed E-state index contributed by atoms with van der Waals surface area (Å²) in [5, 5.41) is 0. The molecule has 3 aromatic rings. The lowest BCUT2D eigenvalue weighted by atomic mass is 10.0. The van der Waals surface area contributed by atoms with Crippen LogP contribution in [0.4, 0.5) is 14.5 Å². The summed E-state index contributed by atoms with van der Waals surface area (Å²) in [7, 11) is 1.88. The Labute approximate surface area is 164 Å². The van der Waals surface area contributed by atoms with Gasteiger partial charge < -0.3 is 18.6 Å². The van der Waals surface area contributed by atoms with Gasteiger partial charge in [0, 0.05) is 7.05 Å². The first-order valence-corrected chi connectivity index (χ1v) is 9.73. The van der Waals surface area contributed by atoms with Gasteiger partial charge in [-0.3, -0.25) is 4.79 Å². The summed E-state index contributed by atoms with van der Waals surface area (Å²) >= 11 is 0.503. The summed E-state index contributed by atoms with van der Waals surface area (Å²) < 4.78 is 36.2. The first-order chi connectivity index (χ1) is 13.5. The third-order valence-corrected chi connectivity index (χ3v) is 5.34. The molecule has 1 aliphatic rings. The summed E-state index contributed by atoms with van der Waals surface area (Å²) in [6, 6.07) is 14.3. The van der Waals surface area contributed by atoms with Crippen LogP contribution in [0.5, 0.6) is 0 Å². The van der Waals surface area contributed by atoms with Crippen LogP contribution in [0.25, 0.3) is 0 Å². The van der Waals surface area contributed by atoms with Gasteiger partial charge in [0.2, 0.25) is 0 Å². The van der Waals surface area contributed by atoms with E-state index in [1.165, 1.54) is 0 Å². The van der Waals surface area contributed by atoms with E-state index in [0.29, 0.717) is 34.6 Å². The van der Waals surface area contributed by atoms with E-state index in [2.05, 4.69) is 0 Å². The molecule has 0 bridgehead atoms. The molecule has 2 aromatic heterocycles. The predicted octanol–water partition coefficient (Wildman–Crippen LogP) is 5.12. The number of hydrogen-bond acceptors (Lipinski definition) is 5. The van der Waals surface area contributed by atoms with Gasteiger partial charge in [-0.25, -0.2) is 0 Å². The van der Waals surface area contributed by atoms with Crippen LogP contribution in [0.2, 0.25) is 0 Å². The molecule has 5 nitrogen and oxygen atoms in total. The molecule has 1 amide bonds. The Hall–Kier alpha value is -2.74. The van der Waals surface area contributed by atoms with Gasteiger partial charge in [0.25, 0.3) is 11.7 Å². The topological polar surface area (TPSA) is 49.8 Å². The van der Waals surface area contributed by atoms with E-state index in [9.17, 15) is 13.6 Å². The maximum atomic E-state index is 13.2. The van der Waals surface area contributed by atoms with Crippen molar-refractivity contribution in [3.05, 3.63) is 77.6 Å². The zero-order chi connectivity index (χ0) is 19.7. The number of benzene rings is 1. The van der Waals surface area contributed by atoms with Gasteiger partial charge in [-0.05, 0) is 36.4 Å². The highest BCUT2D eigenvalue weighted by atomic mass is 32.2. The molecule has 0 aliphatic carbocycles. The van der Waals surface area contributed by atoms with Crippen LogP contribution in [0.1, 0.15) is 33.8 Å². The molecular weight excluding hydrogens is 386 g/mol. The normalized spacial score (nSPS) is 16.7. The molecule has 1 atom stereocenters. The fourth-order valence-electron chi connectivity index (χ4n) is 3.40. The number of rotatable bonds is 6. The van der Waals surface area contributed by atoms with Crippen molar-refractivity contribution in [2.75, 3.05) is 11.9 Å². The van der Waals surface area contributed by atoms with Crippen LogP contribution in [0.15, 0.2) is 63.6 Å². The lowest BCUT2D eigenvalue weighted by Gasteiger charge is -2.42. The van der Waals surface area contributed by atoms with Crippen LogP contribution in [-0.4, -0.2) is 23.6 Å². The molecule has 0 saturated carbocycles. The highest BCUT2D eigenvalue weighted by Gasteiger charge is 2.38. The fourth-order valence-corrected chi connectivity index (χ4v) is 3.84. The lowest BCUT2D eigenvalue weighted by Crippen LogP contribution is -2.47. The average Bonchev–Trinajstić information content (AvgIpc) is 3.36. The van der Waals surface area contributed by atoms with E-state index in [1.807, 2.05) is 30.1 Å². The molecule has 146 valence electrons. The third-order valence-electron chi connectivity index (χ3n) is 4.63. The number of amides is 1. The van der Waals surface area contributed by atoms with Crippen LogP contribution >= 0.6 is 11.8 Å². The minimum absolute atomic E-state index is 0.0663. The summed E-state index contributed by atoms with van der Waals surface area (Å²) in [4.78, 5) is 16.8. The zero-order valence-electron chi connectivity index (χ0n) is 15.0. The number of para-hydroxylation sites is 1. The van der Waals surface area contributed by atoms with Crippen LogP contribution < -0.4 is 4.90 Å². The van der Waals surface area contributed by atoms with Crippen molar-refractivity contribution >= 4 is 23.4 Å². The van der Waals surface area contributed by atoms with E-state index in [4.69, 9.17) is 8.83 Å². The molecule has 1 aliphatic heterocycles. The molecule has 4 rings (SSSR count). The molecular formula is C20H18F2N2O3S. The van der Waals surface area contributed by atoms with Gasteiger partial charge in [0.05, 0.1) is 29.8 Å². The highest BCUT2D eigenvalue weighted by molar-refractivity contribution is 7.98. The van der Waals surface area contributed by atoms with Crippen LogP contribution in [-0.2, 0) is 12.3 Å². The Morgan fingerprint density at radius 2 is 1.93 bits per heavy atom. The van der Waals surface area contributed by atoms with Gasteiger partial charge in [-0.2, -0.15) is 8.78 Å². The maximum absolute atomic E-state index is 13.2. The standard InChI is InChI=1S/C20H18F2N2O3S/c1-23-16-7-3-2-6-15(16)19(25)24(11-13-5-4-10-26-13)18(23)17-9-8-14(27-17)12-28-20(21)22/h2-10,18,20H,11-12H2,1H3/t18-/m0/s1. The first-order valence-electron chi connectivity index (χ1n) is 8.68. The van der Waals surface area contributed by atoms with Gasteiger partial charge in [0.15, 0.2) is 6.17 Å². The van der Waals surface area contributed by atoms with Crippen LogP contribution in [0, 0.1) is 0 Å². The zero-order valence-corrected chi connectivity index (χ0v) is 15.9. The van der Waals surface area contributed by atoms with Gasteiger partial charge in [-0.15, -0.1) is 0 Å². The third kappa shape index (κ3) is 3.52. The summed E-state index contributed by atoms with van der Waals surface area (Å²) in [6.07, 6.45) is 1.04. The Balaban J connectivity index is 1.70. The number of thioether (sulfide) groups is 1. The maximum Gasteiger partial charge on any atom is 0.284 e. The first kappa shape index (κ1) is 18.6. The number of anilines is 1. The number of halogens is 2. The smallest absolute Gasteiger partial charge is 0.284 e. The molecule has 1 aromatic carbocycles. The molecule has 3 heterocycles. The van der Waals surface area contributed by atoms with Crippen molar-refractivity contribution < 1.29 is 22.4 Å². The number of nitrogens with zero attached hydrogens (tertiary/aromatic N) is 2. The molecule has 0 unspecified atom stereocenters. The molecule has 0 radical (unpaired) electrons. The summed E-state index contributed by atoms with van der Waals surface area (Å²) in [6.45, 7) is 0.261. The van der Waals surface area contributed by atoms with Crippen molar-refractivity contribution in [1.29, 1.82) is 0 Å². The van der Waals surface area contributed by atoms with Crippen molar-refractivity contribution in [3.8, 4) is 0 Å². The number of hydrogen-bond donors (Lipinski definition) is 0. The SMILES string of the molecule is CN1c2ccccc2C(=O)N(Cc2ccco2)[C@H]1c1ccc(CSC(F)F)o1. The largest absolute Gasteiger partial charge is 0.467 e. The monoisotopic (exact) mass is 404 g/mol. The molecule has 0 N–H and O–H groups in total. The highest BCUT2D eigenvalue weighted by Crippen LogP contribution is 2.39. The van der Waals surface area contributed by atoms with E-state index < -0.39 is 11.9 Å². The van der Waals surface area contributed by atoms with Gasteiger partial charge >= 0.3 is 0 Å². The second-order valence-electron chi connectivity index (χ2n) is 6.39. The van der Waals surface area contributed by atoms with Crippen molar-refractivity contribution in [2.45, 2.75) is 24.2 Å².